The van der Waals surface area contributed by atoms with E-state index in [-0.39, 0.29) is 23.7 Å². The van der Waals surface area contributed by atoms with Gasteiger partial charge in [0.15, 0.2) is 6.61 Å². The Hall–Kier alpha value is -3.77. The van der Waals surface area contributed by atoms with Gasteiger partial charge in [-0.3, -0.25) is 9.59 Å². The molecular weight excluding hydrogens is 442 g/mol. The van der Waals surface area contributed by atoms with Gasteiger partial charge in [-0.05, 0) is 54.8 Å². The van der Waals surface area contributed by atoms with E-state index in [1.807, 2.05) is 44.2 Å². The van der Waals surface area contributed by atoms with Crippen LogP contribution in [0.2, 0.25) is 5.02 Å². The van der Waals surface area contributed by atoms with Crippen molar-refractivity contribution < 1.29 is 18.7 Å². The third kappa shape index (κ3) is 5.18. The maximum absolute atomic E-state index is 12.9. The van der Waals surface area contributed by atoms with Crippen LogP contribution in [0.15, 0.2) is 76.1 Å². The van der Waals surface area contributed by atoms with Gasteiger partial charge in [-0.15, -0.1) is 0 Å². The Kier molecular flexibility index (Phi) is 6.66. The van der Waals surface area contributed by atoms with Gasteiger partial charge in [0.1, 0.15) is 23.3 Å². The van der Waals surface area contributed by atoms with E-state index < -0.39 is 0 Å². The first kappa shape index (κ1) is 22.4. The summed E-state index contributed by atoms with van der Waals surface area (Å²) in [6.07, 6.45) is 2.06. The van der Waals surface area contributed by atoms with E-state index in [4.69, 9.17) is 25.5 Å². The highest BCUT2D eigenvalue weighted by Gasteiger charge is 2.12. The van der Waals surface area contributed by atoms with E-state index in [2.05, 4.69) is 5.32 Å². The number of para-hydroxylation sites is 1. The van der Waals surface area contributed by atoms with Crippen LogP contribution < -0.4 is 20.2 Å². The third-order valence-electron chi connectivity index (χ3n) is 5.11. The van der Waals surface area contributed by atoms with Crippen molar-refractivity contribution in [3.8, 4) is 17.2 Å². The number of amides is 1. The minimum absolute atomic E-state index is 0.105. The molecule has 0 aliphatic rings. The van der Waals surface area contributed by atoms with Crippen LogP contribution in [0.1, 0.15) is 18.1 Å². The van der Waals surface area contributed by atoms with E-state index in [9.17, 15) is 9.59 Å². The maximum atomic E-state index is 12.9. The lowest BCUT2D eigenvalue weighted by molar-refractivity contribution is -0.118. The van der Waals surface area contributed by atoms with E-state index in [1.165, 1.54) is 6.26 Å². The van der Waals surface area contributed by atoms with Gasteiger partial charge in [-0.2, -0.15) is 0 Å². The van der Waals surface area contributed by atoms with Crippen molar-refractivity contribution >= 4 is 34.2 Å². The van der Waals surface area contributed by atoms with Crippen LogP contribution in [0.3, 0.4) is 0 Å². The van der Waals surface area contributed by atoms with Crippen molar-refractivity contribution in [2.75, 3.05) is 11.9 Å². The zero-order chi connectivity index (χ0) is 23.4. The van der Waals surface area contributed by atoms with Gasteiger partial charge in [0.2, 0.25) is 11.2 Å². The standard InChI is InChI=1S/C26H22ClNO5/c1-3-17-6-4-5-7-22(17)33-24-14-32-23-13-19(10-11-20(23)26(24)30)31-15-25(29)28-18-9-8-16(2)21(27)12-18/h4-14H,3,15H2,1-2H3,(H,28,29). The van der Waals surface area contributed by atoms with Gasteiger partial charge in [0, 0.05) is 16.8 Å². The third-order valence-corrected chi connectivity index (χ3v) is 5.52. The summed E-state index contributed by atoms with van der Waals surface area (Å²) in [6, 6.07) is 17.6. The van der Waals surface area contributed by atoms with Crippen LogP contribution in [0, 0.1) is 6.92 Å². The number of benzene rings is 3. The molecule has 0 aliphatic heterocycles. The molecule has 1 aromatic heterocycles. The Balaban J connectivity index is 1.46. The largest absolute Gasteiger partial charge is 0.484 e. The molecule has 1 heterocycles. The molecule has 0 fully saturated rings. The number of aryl methyl sites for hydroxylation is 2. The number of hydrogen-bond acceptors (Lipinski definition) is 5. The second-order valence-electron chi connectivity index (χ2n) is 7.45. The molecule has 4 rings (SSSR count). The number of carbonyl (C=O) groups excluding carboxylic acids is 1. The highest BCUT2D eigenvalue weighted by molar-refractivity contribution is 6.31. The number of anilines is 1. The molecule has 168 valence electrons. The Labute approximate surface area is 195 Å². The molecule has 0 radical (unpaired) electrons. The van der Waals surface area contributed by atoms with Gasteiger partial charge < -0.3 is 19.2 Å². The van der Waals surface area contributed by atoms with Gasteiger partial charge in [0.05, 0.1) is 5.39 Å². The zero-order valence-electron chi connectivity index (χ0n) is 18.2. The molecule has 7 heteroatoms. The van der Waals surface area contributed by atoms with E-state index in [0.717, 1.165) is 17.5 Å². The summed E-state index contributed by atoms with van der Waals surface area (Å²) < 4.78 is 17.0. The zero-order valence-corrected chi connectivity index (χ0v) is 18.9. The normalized spacial score (nSPS) is 10.8. The molecule has 0 saturated carbocycles. The Morgan fingerprint density at radius 3 is 2.67 bits per heavy atom. The van der Waals surface area contributed by atoms with Crippen LogP contribution in [-0.2, 0) is 11.2 Å². The molecule has 0 saturated heterocycles. The molecule has 6 nitrogen and oxygen atoms in total. The van der Waals surface area contributed by atoms with Crippen molar-refractivity contribution in [3.63, 3.8) is 0 Å². The van der Waals surface area contributed by atoms with Gasteiger partial charge in [-0.1, -0.05) is 42.8 Å². The Bertz CT molecular complexity index is 1380. The first-order chi connectivity index (χ1) is 15.9. The summed E-state index contributed by atoms with van der Waals surface area (Å²) >= 11 is 6.08. The van der Waals surface area contributed by atoms with Crippen molar-refractivity contribution in [1.82, 2.24) is 0 Å². The fourth-order valence-electron chi connectivity index (χ4n) is 3.28. The molecule has 0 aliphatic carbocycles. The fourth-order valence-corrected chi connectivity index (χ4v) is 3.46. The summed E-state index contributed by atoms with van der Waals surface area (Å²) in [7, 11) is 0. The van der Waals surface area contributed by atoms with E-state index in [0.29, 0.717) is 33.2 Å². The lowest BCUT2D eigenvalue weighted by Gasteiger charge is -2.10. The first-order valence-corrected chi connectivity index (χ1v) is 10.8. The second kappa shape index (κ2) is 9.79. The second-order valence-corrected chi connectivity index (χ2v) is 7.86. The number of rotatable bonds is 7. The van der Waals surface area contributed by atoms with E-state index >= 15 is 0 Å². The fraction of sp³-hybridized carbons (Fsp3) is 0.154. The van der Waals surface area contributed by atoms with Crippen LogP contribution in [0.4, 0.5) is 5.69 Å². The van der Waals surface area contributed by atoms with Crippen molar-refractivity contribution in [2.24, 2.45) is 0 Å². The minimum Gasteiger partial charge on any atom is -0.484 e. The Morgan fingerprint density at radius 1 is 1.06 bits per heavy atom. The summed E-state index contributed by atoms with van der Waals surface area (Å²) in [5.41, 5.74) is 2.54. The summed E-state index contributed by atoms with van der Waals surface area (Å²) in [5.74, 6) is 0.781. The minimum atomic E-state index is -0.338. The lowest BCUT2D eigenvalue weighted by Crippen LogP contribution is -2.20. The molecule has 3 aromatic carbocycles. The average Bonchev–Trinajstić information content (AvgIpc) is 2.82. The summed E-state index contributed by atoms with van der Waals surface area (Å²) in [6.45, 7) is 3.69. The molecule has 0 atom stereocenters. The van der Waals surface area contributed by atoms with Crippen LogP contribution in [0.5, 0.6) is 17.2 Å². The number of hydrogen-bond donors (Lipinski definition) is 1. The monoisotopic (exact) mass is 463 g/mol. The predicted molar refractivity (Wildman–Crippen MR) is 129 cm³/mol. The van der Waals surface area contributed by atoms with Crippen molar-refractivity contribution in [2.45, 2.75) is 20.3 Å². The first-order valence-electron chi connectivity index (χ1n) is 10.4. The SMILES string of the molecule is CCc1ccccc1Oc1coc2cc(OCC(=O)Nc3ccc(C)c(Cl)c3)ccc2c1=O. The number of fused-ring (bicyclic) bond motifs is 1. The lowest BCUT2D eigenvalue weighted by atomic mass is 10.1. The molecular formula is C26H22ClNO5. The molecule has 0 bridgehead atoms. The molecule has 0 unspecified atom stereocenters. The number of halogens is 1. The topological polar surface area (TPSA) is 77.8 Å². The van der Waals surface area contributed by atoms with E-state index in [1.54, 1.807) is 30.3 Å². The predicted octanol–water partition coefficient (Wildman–Crippen LogP) is 6.13. The van der Waals surface area contributed by atoms with Crippen molar-refractivity contribution in [1.29, 1.82) is 0 Å². The number of ether oxygens (including phenoxy) is 2. The molecule has 1 amide bonds. The Morgan fingerprint density at radius 2 is 1.88 bits per heavy atom. The molecule has 1 N–H and O–H groups in total. The number of nitrogens with one attached hydrogen (secondary N) is 1. The average molecular weight is 464 g/mol. The van der Waals surface area contributed by atoms with Gasteiger partial charge >= 0.3 is 0 Å². The van der Waals surface area contributed by atoms with Gasteiger partial charge in [-0.25, -0.2) is 0 Å². The summed E-state index contributed by atoms with van der Waals surface area (Å²) in [4.78, 5) is 25.1. The smallest absolute Gasteiger partial charge is 0.262 e. The van der Waals surface area contributed by atoms with Crippen LogP contribution in [0.25, 0.3) is 11.0 Å². The summed E-state index contributed by atoms with van der Waals surface area (Å²) in [5, 5.41) is 3.65. The quantitative estimate of drug-likeness (QED) is 0.357. The number of carbonyl (C=O) groups is 1. The van der Waals surface area contributed by atoms with Crippen LogP contribution >= 0.6 is 11.6 Å². The highest BCUT2D eigenvalue weighted by Crippen LogP contribution is 2.26. The molecule has 0 spiro atoms. The molecule has 33 heavy (non-hydrogen) atoms. The van der Waals surface area contributed by atoms with Crippen molar-refractivity contribution in [3.05, 3.63) is 93.3 Å². The maximum Gasteiger partial charge on any atom is 0.262 e. The van der Waals surface area contributed by atoms with Gasteiger partial charge in [0.25, 0.3) is 5.91 Å². The molecule has 4 aromatic rings. The van der Waals surface area contributed by atoms with Crippen LogP contribution in [-0.4, -0.2) is 12.5 Å². The highest BCUT2D eigenvalue weighted by atomic mass is 35.5.